The molecule has 0 radical (unpaired) electrons. The second-order valence-electron chi connectivity index (χ2n) is 7.20. The van der Waals surface area contributed by atoms with Crippen molar-refractivity contribution in [2.24, 2.45) is 5.10 Å². The van der Waals surface area contributed by atoms with E-state index < -0.39 is 5.91 Å². The standard InChI is InChI=1S/C23H24N8O4/c1-4-33-16-12-10-15(11-13-16)20-19(26-30-31(20)22-21(24)28-35-29-22)23(32)27-25-14(3)17-8-6-7-9-18(17)34-5-2/h6-13H,4-5H2,1-3H3,(H2,24,28)(H,27,32)/b25-14+. The predicted molar refractivity (Wildman–Crippen MR) is 128 cm³/mol. The number of amides is 1. The van der Waals surface area contributed by atoms with Gasteiger partial charge in [0.25, 0.3) is 5.91 Å². The van der Waals surface area contributed by atoms with Gasteiger partial charge in [0.15, 0.2) is 5.69 Å². The van der Waals surface area contributed by atoms with Crippen LogP contribution in [0.1, 0.15) is 36.8 Å². The SMILES string of the molecule is CCOc1ccc(-c2c(C(=O)N/N=C(\C)c3ccccc3OCC)nnn2-c2nonc2N)cc1. The van der Waals surface area contributed by atoms with E-state index in [2.05, 4.69) is 31.2 Å². The number of carbonyl (C=O) groups excluding carboxylic acids is 1. The van der Waals surface area contributed by atoms with Crippen molar-refractivity contribution in [1.29, 1.82) is 0 Å². The Labute approximate surface area is 200 Å². The number of nitrogens with two attached hydrogens (primary N) is 1. The first-order valence-electron chi connectivity index (χ1n) is 10.9. The first-order chi connectivity index (χ1) is 17.0. The third-order valence-corrected chi connectivity index (χ3v) is 4.92. The molecule has 0 saturated carbocycles. The normalized spacial score (nSPS) is 11.3. The highest BCUT2D eigenvalue weighted by Gasteiger charge is 2.25. The zero-order valence-corrected chi connectivity index (χ0v) is 19.4. The second-order valence-corrected chi connectivity index (χ2v) is 7.20. The molecular formula is C23H24N8O4. The lowest BCUT2D eigenvalue weighted by molar-refractivity contribution is 0.0950. The van der Waals surface area contributed by atoms with Crippen molar-refractivity contribution in [3.05, 3.63) is 59.8 Å². The number of anilines is 1. The van der Waals surface area contributed by atoms with Gasteiger partial charge >= 0.3 is 0 Å². The van der Waals surface area contributed by atoms with Crippen LogP contribution in [-0.4, -0.2) is 50.1 Å². The highest BCUT2D eigenvalue weighted by Crippen LogP contribution is 2.28. The van der Waals surface area contributed by atoms with Crippen molar-refractivity contribution >= 4 is 17.4 Å². The lowest BCUT2D eigenvalue weighted by Gasteiger charge is -2.10. The van der Waals surface area contributed by atoms with E-state index in [1.807, 2.05) is 38.1 Å². The average Bonchev–Trinajstić information content (AvgIpc) is 3.49. The minimum atomic E-state index is -0.580. The first kappa shape index (κ1) is 23.4. The number of rotatable bonds is 9. The Morgan fingerprint density at radius 1 is 1.09 bits per heavy atom. The lowest BCUT2D eigenvalue weighted by Crippen LogP contribution is -2.21. The molecule has 0 unspecified atom stereocenters. The van der Waals surface area contributed by atoms with E-state index >= 15 is 0 Å². The summed E-state index contributed by atoms with van der Waals surface area (Å²) < 4.78 is 17.1. The number of hydrazone groups is 1. The van der Waals surface area contributed by atoms with Gasteiger partial charge in [0.1, 0.15) is 17.2 Å². The molecule has 180 valence electrons. The number of aromatic nitrogens is 5. The Bertz CT molecular complexity index is 1340. The molecular weight excluding hydrogens is 452 g/mol. The minimum Gasteiger partial charge on any atom is -0.494 e. The molecule has 12 heteroatoms. The van der Waals surface area contributed by atoms with Gasteiger partial charge in [-0.2, -0.15) is 9.78 Å². The van der Waals surface area contributed by atoms with E-state index in [1.165, 1.54) is 4.68 Å². The Balaban J connectivity index is 1.69. The second kappa shape index (κ2) is 10.5. The van der Waals surface area contributed by atoms with Crippen LogP contribution >= 0.6 is 0 Å². The molecule has 2 aromatic carbocycles. The quantitative estimate of drug-likeness (QED) is 0.274. The summed E-state index contributed by atoms with van der Waals surface area (Å²) in [6.07, 6.45) is 0. The largest absolute Gasteiger partial charge is 0.494 e. The molecule has 0 aliphatic rings. The monoisotopic (exact) mass is 476 g/mol. The molecule has 0 saturated heterocycles. The zero-order valence-electron chi connectivity index (χ0n) is 19.4. The number of para-hydroxylation sites is 1. The number of hydrogen-bond acceptors (Lipinski definition) is 10. The maximum atomic E-state index is 13.1. The number of nitrogens with one attached hydrogen (secondary N) is 1. The first-order valence-corrected chi connectivity index (χ1v) is 10.9. The summed E-state index contributed by atoms with van der Waals surface area (Å²) in [6, 6.07) is 14.5. The van der Waals surface area contributed by atoms with Gasteiger partial charge in [0.2, 0.25) is 11.6 Å². The van der Waals surface area contributed by atoms with Crippen molar-refractivity contribution in [3.63, 3.8) is 0 Å². The molecule has 0 aliphatic heterocycles. The number of nitrogens with zero attached hydrogens (tertiary/aromatic N) is 6. The molecule has 3 N–H and O–H groups in total. The summed E-state index contributed by atoms with van der Waals surface area (Å²) >= 11 is 0. The van der Waals surface area contributed by atoms with Gasteiger partial charge in [-0.3, -0.25) is 4.79 Å². The third-order valence-electron chi connectivity index (χ3n) is 4.92. The van der Waals surface area contributed by atoms with Gasteiger partial charge in [0.05, 0.1) is 18.9 Å². The van der Waals surface area contributed by atoms with Gasteiger partial charge in [0, 0.05) is 11.1 Å². The molecule has 1 amide bonds. The number of ether oxygens (including phenoxy) is 2. The minimum absolute atomic E-state index is 0.00422. The molecule has 0 spiro atoms. The summed E-state index contributed by atoms with van der Waals surface area (Å²) in [4.78, 5) is 13.1. The van der Waals surface area contributed by atoms with Crippen LogP contribution in [0.15, 0.2) is 58.3 Å². The van der Waals surface area contributed by atoms with Gasteiger partial charge < -0.3 is 15.2 Å². The molecule has 0 atom stereocenters. The lowest BCUT2D eigenvalue weighted by atomic mass is 10.1. The van der Waals surface area contributed by atoms with Crippen LogP contribution in [0.5, 0.6) is 11.5 Å². The van der Waals surface area contributed by atoms with Gasteiger partial charge in [-0.1, -0.05) is 17.3 Å². The summed E-state index contributed by atoms with van der Waals surface area (Å²) in [6.45, 7) is 6.59. The highest BCUT2D eigenvalue weighted by atomic mass is 16.6. The predicted octanol–water partition coefficient (Wildman–Crippen LogP) is 2.85. The molecule has 0 aliphatic carbocycles. The Morgan fingerprint density at radius 2 is 1.83 bits per heavy atom. The Hall–Kier alpha value is -4.74. The van der Waals surface area contributed by atoms with Crippen LogP contribution in [0.4, 0.5) is 5.82 Å². The molecule has 0 fully saturated rings. The molecule has 12 nitrogen and oxygen atoms in total. The summed E-state index contributed by atoms with van der Waals surface area (Å²) in [5, 5.41) is 19.7. The van der Waals surface area contributed by atoms with Crippen molar-refractivity contribution in [2.75, 3.05) is 18.9 Å². The van der Waals surface area contributed by atoms with E-state index in [-0.39, 0.29) is 17.3 Å². The van der Waals surface area contributed by atoms with Gasteiger partial charge in [-0.25, -0.2) is 10.1 Å². The topological polar surface area (TPSA) is 156 Å². The van der Waals surface area contributed by atoms with Crippen molar-refractivity contribution in [3.8, 4) is 28.6 Å². The molecule has 0 bridgehead atoms. The van der Waals surface area contributed by atoms with Crippen LogP contribution in [0, 0.1) is 0 Å². The number of carbonyl (C=O) groups is 1. The number of benzene rings is 2. The highest BCUT2D eigenvalue weighted by molar-refractivity contribution is 6.03. The average molecular weight is 476 g/mol. The third kappa shape index (κ3) is 4.95. The molecule has 2 heterocycles. The maximum absolute atomic E-state index is 13.1. The van der Waals surface area contributed by atoms with E-state index in [1.54, 1.807) is 31.2 Å². The molecule has 2 aromatic heterocycles. The summed E-state index contributed by atoms with van der Waals surface area (Å²) in [5.41, 5.74) is 10.7. The van der Waals surface area contributed by atoms with E-state index in [0.717, 1.165) is 5.56 Å². The fourth-order valence-electron chi connectivity index (χ4n) is 3.35. The fraction of sp³-hybridized carbons (Fsp3) is 0.217. The summed E-state index contributed by atoms with van der Waals surface area (Å²) in [5.74, 6) is 0.863. The number of hydrogen-bond donors (Lipinski definition) is 2. The van der Waals surface area contributed by atoms with Crippen molar-refractivity contribution < 1.29 is 18.9 Å². The van der Waals surface area contributed by atoms with Crippen LogP contribution in [-0.2, 0) is 0 Å². The fourth-order valence-corrected chi connectivity index (χ4v) is 3.35. The zero-order chi connectivity index (χ0) is 24.8. The van der Waals surface area contributed by atoms with E-state index in [9.17, 15) is 4.79 Å². The van der Waals surface area contributed by atoms with E-state index in [4.69, 9.17) is 19.8 Å². The summed E-state index contributed by atoms with van der Waals surface area (Å²) in [7, 11) is 0. The van der Waals surface area contributed by atoms with Crippen LogP contribution in [0.3, 0.4) is 0 Å². The van der Waals surface area contributed by atoms with E-state index in [0.29, 0.717) is 41.7 Å². The Morgan fingerprint density at radius 3 is 2.51 bits per heavy atom. The van der Waals surface area contributed by atoms with Gasteiger partial charge in [-0.15, -0.1) is 5.10 Å². The van der Waals surface area contributed by atoms with Gasteiger partial charge in [-0.05, 0) is 67.5 Å². The van der Waals surface area contributed by atoms with Crippen molar-refractivity contribution in [2.45, 2.75) is 20.8 Å². The molecule has 4 aromatic rings. The maximum Gasteiger partial charge on any atom is 0.294 e. The molecule has 4 rings (SSSR count). The van der Waals surface area contributed by atoms with Crippen LogP contribution in [0.25, 0.3) is 17.1 Å². The van der Waals surface area contributed by atoms with Crippen molar-refractivity contribution in [1.82, 2.24) is 30.7 Å². The van der Waals surface area contributed by atoms with Crippen LogP contribution < -0.4 is 20.6 Å². The smallest absolute Gasteiger partial charge is 0.294 e. The number of nitrogen functional groups attached to an aromatic ring is 1. The molecule has 35 heavy (non-hydrogen) atoms. The Kier molecular flexibility index (Phi) is 7.00. The van der Waals surface area contributed by atoms with Crippen LogP contribution in [0.2, 0.25) is 0 Å².